The lowest BCUT2D eigenvalue weighted by Crippen LogP contribution is -2.07. The van der Waals surface area contributed by atoms with Gasteiger partial charge < -0.3 is 5.32 Å². The molecule has 3 heteroatoms. The summed E-state index contributed by atoms with van der Waals surface area (Å²) in [7, 11) is 0. The molecular formula is C15H11NOS. The van der Waals surface area contributed by atoms with Crippen LogP contribution in [0.2, 0.25) is 0 Å². The van der Waals surface area contributed by atoms with Crippen LogP contribution in [0.1, 0.15) is 11.1 Å². The summed E-state index contributed by atoms with van der Waals surface area (Å²) in [6, 6.07) is 9.14. The van der Waals surface area contributed by atoms with Gasteiger partial charge >= 0.3 is 0 Å². The van der Waals surface area contributed by atoms with E-state index in [-0.39, 0.29) is 5.91 Å². The Kier molecular flexibility index (Phi) is 3.95. The molecule has 1 heterocycles. The van der Waals surface area contributed by atoms with Crippen molar-refractivity contribution in [1.82, 2.24) is 0 Å². The predicted molar refractivity (Wildman–Crippen MR) is 76.4 cm³/mol. The number of thiophene rings is 1. The average molecular weight is 253 g/mol. The van der Waals surface area contributed by atoms with Crippen molar-refractivity contribution in [1.29, 1.82) is 0 Å². The minimum absolute atomic E-state index is 0.171. The molecule has 0 radical (unpaired) electrons. The third-order valence-electron chi connectivity index (χ3n) is 2.27. The Morgan fingerprint density at radius 3 is 3.00 bits per heavy atom. The number of hydrogen-bond donors (Lipinski definition) is 1. The molecule has 0 saturated heterocycles. The molecule has 1 aromatic heterocycles. The largest absolute Gasteiger partial charge is 0.322 e. The molecule has 2 aromatic rings. The molecule has 0 atom stereocenters. The Morgan fingerprint density at radius 2 is 2.28 bits per heavy atom. The molecule has 0 bridgehead atoms. The van der Waals surface area contributed by atoms with E-state index in [9.17, 15) is 4.79 Å². The van der Waals surface area contributed by atoms with E-state index in [2.05, 4.69) is 11.2 Å². The monoisotopic (exact) mass is 253 g/mol. The summed E-state index contributed by atoms with van der Waals surface area (Å²) < 4.78 is 0. The minimum Gasteiger partial charge on any atom is -0.322 e. The van der Waals surface area contributed by atoms with Gasteiger partial charge in [-0.3, -0.25) is 4.79 Å². The fourth-order valence-corrected chi connectivity index (χ4v) is 2.04. The van der Waals surface area contributed by atoms with Crippen LogP contribution in [-0.4, -0.2) is 5.91 Å². The molecule has 0 fully saturated rings. The zero-order valence-electron chi connectivity index (χ0n) is 9.59. The van der Waals surface area contributed by atoms with Crippen LogP contribution < -0.4 is 5.32 Å². The lowest BCUT2D eigenvalue weighted by molar-refractivity contribution is -0.111. The first-order valence-electron chi connectivity index (χ1n) is 5.36. The summed E-state index contributed by atoms with van der Waals surface area (Å²) >= 11 is 1.60. The number of terminal acetylenes is 1. The third-order valence-corrected chi connectivity index (χ3v) is 2.97. The summed E-state index contributed by atoms with van der Waals surface area (Å²) in [6.45, 7) is 0. The van der Waals surface area contributed by atoms with Gasteiger partial charge in [-0.25, -0.2) is 0 Å². The number of carbonyl (C=O) groups excluding carboxylic acids is 1. The molecule has 18 heavy (non-hydrogen) atoms. The summed E-state index contributed by atoms with van der Waals surface area (Å²) in [5.74, 6) is 2.36. The molecule has 1 aromatic carbocycles. The number of hydrogen-bond acceptors (Lipinski definition) is 2. The van der Waals surface area contributed by atoms with Gasteiger partial charge in [0.15, 0.2) is 0 Å². The molecule has 0 saturated carbocycles. The highest BCUT2D eigenvalue weighted by molar-refractivity contribution is 7.08. The van der Waals surface area contributed by atoms with E-state index in [1.807, 2.05) is 29.0 Å². The summed E-state index contributed by atoms with van der Waals surface area (Å²) in [5, 5.41) is 6.70. The predicted octanol–water partition coefficient (Wildman–Crippen LogP) is 3.38. The number of anilines is 1. The lowest BCUT2D eigenvalue weighted by atomic mass is 10.2. The topological polar surface area (TPSA) is 29.1 Å². The second-order valence-corrected chi connectivity index (χ2v) is 4.38. The minimum atomic E-state index is -0.171. The van der Waals surface area contributed by atoms with E-state index < -0.39 is 0 Å². The first kappa shape index (κ1) is 12.2. The van der Waals surface area contributed by atoms with Crippen LogP contribution in [0.4, 0.5) is 5.69 Å². The van der Waals surface area contributed by atoms with Crippen molar-refractivity contribution in [3.05, 3.63) is 58.3 Å². The molecule has 88 valence electrons. The number of amides is 1. The first-order valence-corrected chi connectivity index (χ1v) is 6.30. The second kappa shape index (κ2) is 5.85. The van der Waals surface area contributed by atoms with Crippen molar-refractivity contribution in [3.8, 4) is 12.3 Å². The Bertz CT molecular complexity index is 606. The van der Waals surface area contributed by atoms with Crippen LogP contribution in [0.15, 0.2) is 47.2 Å². The van der Waals surface area contributed by atoms with Gasteiger partial charge in [0.05, 0.1) is 0 Å². The molecule has 0 aliphatic heterocycles. The van der Waals surface area contributed by atoms with Crippen molar-refractivity contribution in [3.63, 3.8) is 0 Å². The van der Waals surface area contributed by atoms with Gasteiger partial charge in [0.1, 0.15) is 0 Å². The molecule has 0 spiro atoms. The Labute approximate surface area is 110 Å². The van der Waals surface area contributed by atoms with Gasteiger partial charge in [-0.1, -0.05) is 12.0 Å². The van der Waals surface area contributed by atoms with Crippen LogP contribution in [-0.2, 0) is 4.79 Å². The second-order valence-electron chi connectivity index (χ2n) is 3.60. The normalized spacial score (nSPS) is 10.2. The molecular weight excluding hydrogens is 242 g/mol. The van der Waals surface area contributed by atoms with Crippen LogP contribution >= 0.6 is 11.3 Å². The molecule has 0 aliphatic carbocycles. The fourth-order valence-electron chi connectivity index (χ4n) is 1.41. The summed E-state index contributed by atoms with van der Waals surface area (Å²) in [4.78, 5) is 11.7. The lowest BCUT2D eigenvalue weighted by Gasteiger charge is -2.02. The molecule has 1 N–H and O–H groups in total. The highest BCUT2D eigenvalue weighted by atomic mass is 32.1. The fraction of sp³-hybridized carbons (Fsp3) is 0. The maximum Gasteiger partial charge on any atom is 0.248 e. The quantitative estimate of drug-likeness (QED) is 0.659. The Morgan fingerprint density at radius 1 is 1.39 bits per heavy atom. The van der Waals surface area contributed by atoms with Crippen molar-refractivity contribution >= 4 is 29.0 Å². The zero-order chi connectivity index (χ0) is 12.8. The zero-order valence-corrected chi connectivity index (χ0v) is 10.4. The standard InChI is InChI=1S/C15H11NOS/c1-2-12-4-3-5-14(10-12)16-15(17)7-6-13-8-9-18-11-13/h1,3-11H,(H,16,17)/b7-6+. The number of benzene rings is 1. The SMILES string of the molecule is C#Cc1cccc(NC(=O)/C=C/c2ccsc2)c1. The van der Waals surface area contributed by atoms with E-state index in [0.29, 0.717) is 5.69 Å². The molecule has 2 nitrogen and oxygen atoms in total. The van der Waals surface area contributed by atoms with Crippen molar-refractivity contribution in [2.45, 2.75) is 0 Å². The van der Waals surface area contributed by atoms with Crippen LogP contribution in [0.25, 0.3) is 6.08 Å². The average Bonchev–Trinajstić information content (AvgIpc) is 2.90. The van der Waals surface area contributed by atoms with Crippen LogP contribution in [0.5, 0.6) is 0 Å². The summed E-state index contributed by atoms with van der Waals surface area (Å²) in [6.07, 6.45) is 8.58. The Balaban J connectivity index is 2.01. The van der Waals surface area contributed by atoms with Gasteiger partial charge in [-0.15, -0.1) is 6.42 Å². The van der Waals surface area contributed by atoms with Crippen LogP contribution in [0.3, 0.4) is 0 Å². The highest BCUT2D eigenvalue weighted by Crippen LogP contribution is 2.11. The first-order chi connectivity index (χ1) is 8.78. The van der Waals surface area contributed by atoms with Crippen molar-refractivity contribution in [2.75, 3.05) is 5.32 Å². The molecule has 1 amide bonds. The van der Waals surface area contributed by atoms with Gasteiger partial charge in [0, 0.05) is 17.3 Å². The van der Waals surface area contributed by atoms with Gasteiger partial charge in [-0.2, -0.15) is 11.3 Å². The van der Waals surface area contributed by atoms with Gasteiger partial charge in [0.2, 0.25) is 5.91 Å². The molecule has 2 rings (SSSR count). The van der Waals surface area contributed by atoms with Crippen molar-refractivity contribution < 1.29 is 4.79 Å². The number of nitrogens with one attached hydrogen (secondary N) is 1. The molecule has 0 unspecified atom stereocenters. The summed E-state index contributed by atoms with van der Waals surface area (Å²) in [5.41, 5.74) is 2.47. The number of rotatable bonds is 3. The Hall–Kier alpha value is -2.31. The van der Waals surface area contributed by atoms with E-state index in [1.165, 1.54) is 6.08 Å². The van der Waals surface area contributed by atoms with Gasteiger partial charge in [-0.05, 0) is 46.7 Å². The van der Waals surface area contributed by atoms with E-state index in [1.54, 1.807) is 29.5 Å². The third kappa shape index (κ3) is 3.34. The maximum absolute atomic E-state index is 11.7. The van der Waals surface area contributed by atoms with Crippen LogP contribution in [0, 0.1) is 12.3 Å². The van der Waals surface area contributed by atoms with Crippen molar-refractivity contribution in [2.24, 2.45) is 0 Å². The molecule has 0 aliphatic rings. The highest BCUT2D eigenvalue weighted by Gasteiger charge is 1.98. The van der Waals surface area contributed by atoms with Gasteiger partial charge in [0.25, 0.3) is 0 Å². The smallest absolute Gasteiger partial charge is 0.248 e. The van der Waals surface area contributed by atoms with E-state index >= 15 is 0 Å². The number of carbonyl (C=O) groups is 1. The van der Waals surface area contributed by atoms with E-state index in [4.69, 9.17) is 6.42 Å². The maximum atomic E-state index is 11.7. The van der Waals surface area contributed by atoms with E-state index in [0.717, 1.165) is 11.1 Å².